The van der Waals surface area contributed by atoms with E-state index in [1.54, 1.807) is 10.8 Å². The van der Waals surface area contributed by atoms with E-state index in [-0.39, 0.29) is 5.56 Å². The molecule has 0 atom stereocenters. The van der Waals surface area contributed by atoms with Crippen LogP contribution in [0.3, 0.4) is 0 Å². The Labute approximate surface area is 150 Å². The van der Waals surface area contributed by atoms with Crippen molar-refractivity contribution in [2.24, 2.45) is 0 Å². The van der Waals surface area contributed by atoms with Crippen LogP contribution in [0, 0.1) is 6.92 Å². The third kappa shape index (κ3) is 2.98. The Hall–Kier alpha value is -2.11. The third-order valence-electron chi connectivity index (χ3n) is 4.90. The van der Waals surface area contributed by atoms with Gasteiger partial charge in [0.2, 0.25) is 0 Å². The van der Waals surface area contributed by atoms with Crippen LogP contribution >= 0.6 is 11.6 Å². The molecule has 1 aliphatic heterocycles. The fourth-order valence-electron chi connectivity index (χ4n) is 3.48. The normalized spacial score (nSPS) is 15.8. The van der Waals surface area contributed by atoms with Crippen molar-refractivity contribution in [2.75, 3.05) is 13.2 Å². The van der Waals surface area contributed by atoms with Crippen LogP contribution in [0.4, 0.5) is 0 Å². The van der Waals surface area contributed by atoms with E-state index in [4.69, 9.17) is 16.3 Å². The predicted molar refractivity (Wildman–Crippen MR) is 97.5 cm³/mol. The molecule has 1 saturated heterocycles. The highest BCUT2D eigenvalue weighted by molar-refractivity contribution is 6.31. The van der Waals surface area contributed by atoms with Gasteiger partial charge in [0.25, 0.3) is 5.56 Å². The molecule has 0 radical (unpaired) electrons. The van der Waals surface area contributed by atoms with Crippen molar-refractivity contribution in [3.8, 4) is 0 Å². The highest BCUT2D eigenvalue weighted by atomic mass is 35.5. The molecule has 6 heteroatoms. The number of hydrogen-bond acceptors (Lipinski definition) is 3. The quantitative estimate of drug-likeness (QED) is 0.721. The van der Waals surface area contributed by atoms with Crippen LogP contribution in [0.2, 0.25) is 5.02 Å². The lowest BCUT2D eigenvalue weighted by molar-refractivity contribution is 0.0835. The number of halogens is 1. The second-order valence-electron chi connectivity index (χ2n) is 6.51. The van der Waals surface area contributed by atoms with Crippen LogP contribution in [0.25, 0.3) is 5.52 Å². The van der Waals surface area contributed by atoms with E-state index in [0.717, 1.165) is 43.1 Å². The molecule has 3 aromatic rings. The van der Waals surface area contributed by atoms with Crippen molar-refractivity contribution in [2.45, 2.75) is 32.2 Å². The minimum absolute atomic E-state index is 0.0364. The molecule has 1 aliphatic rings. The van der Waals surface area contributed by atoms with Gasteiger partial charge in [-0.15, -0.1) is 0 Å². The lowest BCUT2D eigenvalue weighted by atomic mass is 10.00. The van der Waals surface area contributed by atoms with E-state index in [1.165, 1.54) is 0 Å². The van der Waals surface area contributed by atoms with Crippen LogP contribution in [0.1, 0.15) is 35.8 Å². The number of ether oxygens (including phenoxy) is 1. The maximum absolute atomic E-state index is 13.0. The summed E-state index contributed by atoms with van der Waals surface area (Å²) in [6.45, 7) is 3.91. The van der Waals surface area contributed by atoms with Gasteiger partial charge in [-0.2, -0.15) is 0 Å². The van der Waals surface area contributed by atoms with E-state index in [1.807, 2.05) is 41.8 Å². The zero-order valence-corrected chi connectivity index (χ0v) is 14.9. The second kappa shape index (κ2) is 6.65. The third-order valence-corrected chi connectivity index (χ3v) is 5.27. The molecule has 4 rings (SSSR count). The number of fused-ring (bicyclic) bond motifs is 1. The Morgan fingerprint density at radius 2 is 2.04 bits per heavy atom. The first-order chi connectivity index (χ1) is 12.1. The zero-order chi connectivity index (χ0) is 17.4. The van der Waals surface area contributed by atoms with E-state index in [2.05, 4.69) is 4.98 Å². The molecule has 5 nitrogen and oxygen atoms in total. The Kier molecular flexibility index (Phi) is 4.36. The molecule has 0 bridgehead atoms. The van der Waals surface area contributed by atoms with Crippen molar-refractivity contribution >= 4 is 17.1 Å². The Bertz CT molecular complexity index is 970. The topological polar surface area (TPSA) is 48.5 Å². The van der Waals surface area contributed by atoms with Gasteiger partial charge in [0.05, 0.1) is 12.7 Å². The molecule has 25 heavy (non-hydrogen) atoms. The zero-order valence-electron chi connectivity index (χ0n) is 14.1. The molecular weight excluding hydrogens is 338 g/mol. The first-order valence-corrected chi connectivity index (χ1v) is 8.91. The number of aryl methyl sites for hydroxylation is 1. The molecule has 3 heterocycles. The number of benzene rings is 1. The largest absolute Gasteiger partial charge is 0.381 e. The minimum Gasteiger partial charge on any atom is -0.381 e. The van der Waals surface area contributed by atoms with Crippen molar-refractivity contribution in [1.29, 1.82) is 0 Å². The van der Waals surface area contributed by atoms with E-state index < -0.39 is 0 Å². The Balaban J connectivity index is 1.78. The molecule has 130 valence electrons. The fourth-order valence-corrected chi connectivity index (χ4v) is 3.67. The van der Waals surface area contributed by atoms with Crippen LogP contribution in [0.15, 0.2) is 41.5 Å². The minimum atomic E-state index is -0.0364. The van der Waals surface area contributed by atoms with Gasteiger partial charge in [-0.25, -0.2) is 4.98 Å². The number of aromatic nitrogens is 3. The maximum Gasteiger partial charge on any atom is 0.276 e. The molecule has 0 unspecified atom stereocenters. The van der Waals surface area contributed by atoms with Crippen molar-refractivity contribution in [3.63, 3.8) is 0 Å². The van der Waals surface area contributed by atoms with E-state index in [9.17, 15) is 4.79 Å². The summed E-state index contributed by atoms with van der Waals surface area (Å²) in [7, 11) is 0. The summed E-state index contributed by atoms with van der Waals surface area (Å²) >= 11 is 6.26. The summed E-state index contributed by atoms with van der Waals surface area (Å²) in [6, 6.07) is 7.62. The summed E-state index contributed by atoms with van der Waals surface area (Å²) < 4.78 is 9.15. The summed E-state index contributed by atoms with van der Waals surface area (Å²) in [6.07, 6.45) is 5.59. The standard InChI is InChI=1S/C19H20ClN3O2/c1-13-11-23-17(10-21-18(23)14-6-8-25-9-7-14)19(24)22(13)12-15-4-2-3-5-16(15)20/h2-5,10-11,14H,6-9,12H2,1H3. The number of hydrogen-bond donors (Lipinski definition) is 0. The Morgan fingerprint density at radius 1 is 1.28 bits per heavy atom. The molecule has 1 aromatic carbocycles. The molecule has 0 saturated carbocycles. The maximum atomic E-state index is 13.0. The summed E-state index contributed by atoms with van der Waals surface area (Å²) in [4.78, 5) is 17.6. The van der Waals surface area contributed by atoms with Gasteiger partial charge in [0, 0.05) is 36.0 Å². The molecule has 0 aliphatic carbocycles. The predicted octanol–water partition coefficient (Wildman–Crippen LogP) is 3.40. The summed E-state index contributed by atoms with van der Waals surface area (Å²) in [5.41, 5.74) is 2.40. The van der Waals surface area contributed by atoms with Crippen LogP contribution in [-0.4, -0.2) is 27.2 Å². The van der Waals surface area contributed by atoms with Gasteiger partial charge in [-0.3, -0.25) is 9.20 Å². The summed E-state index contributed by atoms with van der Waals surface area (Å²) in [5, 5.41) is 0.671. The average molecular weight is 358 g/mol. The van der Waals surface area contributed by atoms with Gasteiger partial charge in [-0.05, 0) is 31.4 Å². The molecular formula is C19H20ClN3O2. The fraction of sp³-hybridized carbons (Fsp3) is 0.368. The SMILES string of the molecule is Cc1cn2c(C3CCOCC3)ncc2c(=O)n1Cc1ccccc1Cl. The van der Waals surface area contributed by atoms with Crippen molar-refractivity contribution < 1.29 is 4.74 Å². The molecule has 0 N–H and O–H groups in total. The first kappa shape index (κ1) is 16.4. The number of imidazole rings is 1. The number of nitrogens with zero attached hydrogens (tertiary/aromatic N) is 3. The van der Waals surface area contributed by atoms with E-state index in [0.29, 0.717) is 23.0 Å². The van der Waals surface area contributed by atoms with Crippen molar-refractivity contribution in [1.82, 2.24) is 14.0 Å². The molecule has 1 fully saturated rings. The molecule has 2 aromatic heterocycles. The smallest absolute Gasteiger partial charge is 0.276 e. The van der Waals surface area contributed by atoms with E-state index >= 15 is 0 Å². The van der Waals surface area contributed by atoms with Crippen molar-refractivity contribution in [3.05, 3.63) is 69.1 Å². The van der Waals surface area contributed by atoms with Gasteiger partial charge in [0.15, 0.2) is 0 Å². The highest BCUT2D eigenvalue weighted by Gasteiger charge is 2.22. The molecule has 0 amide bonds. The number of rotatable bonds is 3. The first-order valence-electron chi connectivity index (χ1n) is 8.53. The molecule has 0 spiro atoms. The van der Waals surface area contributed by atoms with Crippen LogP contribution in [-0.2, 0) is 11.3 Å². The average Bonchev–Trinajstić information content (AvgIpc) is 3.04. The lowest BCUT2D eigenvalue weighted by Crippen LogP contribution is -2.25. The van der Waals surface area contributed by atoms with Gasteiger partial charge in [-0.1, -0.05) is 29.8 Å². The van der Waals surface area contributed by atoms with Crippen LogP contribution < -0.4 is 5.56 Å². The highest BCUT2D eigenvalue weighted by Crippen LogP contribution is 2.26. The Morgan fingerprint density at radius 3 is 2.80 bits per heavy atom. The van der Waals surface area contributed by atoms with Crippen LogP contribution in [0.5, 0.6) is 0 Å². The second-order valence-corrected chi connectivity index (χ2v) is 6.92. The van der Waals surface area contributed by atoms with Gasteiger partial charge < -0.3 is 9.30 Å². The summed E-state index contributed by atoms with van der Waals surface area (Å²) in [5.74, 6) is 1.30. The monoisotopic (exact) mass is 357 g/mol. The lowest BCUT2D eigenvalue weighted by Gasteiger charge is -2.21. The van der Waals surface area contributed by atoms with Gasteiger partial charge >= 0.3 is 0 Å². The van der Waals surface area contributed by atoms with Gasteiger partial charge in [0.1, 0.15) is 11.3 Å².